The summed E-state index contributed by atoms with van der Waals surface area (Å²) in [5, 5.41) is 11.1. The third kappa shape index (κ3) is 3.25. The third-order valence-corrected chi connectivity index (χ3v) is 5.04. The summed E-state index contributed by atoms with van der Waals surface area (Å²) in [5.74, 6) is -0.909. The number of carbonyl (C=O) groups excluding carboxylic acids is 2. The van der Waals surface area contributed by atoms with Gasteiger partial charge in [-0.25, -0.2) is 0 Å². The van der Waals surface area contributed by atoms with E-state index in [2.05, 4.69) is 22.6 Å². The standard InChI is InChI=1S/C17H13Cl2IO4/c1-8-5-9(7-21)17(24-2)16(23)13(8)15(22)14-10(6-20)11(18)3-4-12(14)19/h3-5,7,23H,6H2,1-2H3. The van der Waals surface area contributed by atoms with Gasteiger partial charge in [-0.1, -0.05) is 45.8 Å². The number of phenolic OH excluding ortho intramolecular Hbond substituents is 1. The van der Waals surface area contributed by atoms with E-state index in [9.17, 15) is 14.7 Å². The predicted molar refractivity (Wildman–Crippen MR) is 102 cm³/mol. The number of ketones is 1. The lowest BCUT2D eigenvalue weighted by Gasteiger charge is -2.16. The number of rotatable bonds is 5. The van der Waals surface area contributed by atoms with E-state index in [0.29, 0.717) is 26.9 Å². The molecule has 0 aromatic heterocycles. The topological polar surface area (TPSA) is 63.6 Å². The average molecular weight is 479 g/mol. The van der Waals surface area contributed by atoms with Gasteiger partial charge in [0.1, 0.15) is 0 Å². The number of halogens is 3. The largest absolute Gasteiger partial charge is 0.504 e. The predicted octanol–water partition coefficient (Wildman–Crippen LogP) is 4.99. The first kappa shape index (κ1) is 19.0. The van der Waals surface area contributed by atoms with Gasteiger partial charge in [-0.15, -0.1) is 0 Å². The van der Waals surface area contributed by atoms with Gasteiger partial charge in [0.05, 0.1) is 23.3 Å². The molecular formula is C17H13Cl2IO4. The molecule has 2 aromatic carbocycles. The van der Waals surface area contributed by atoms with Crippen LogP contribution in [0, 0.1) is 6.92 Å². The number of benzene rings is 2. The lowest BCUT2D eigenvalue weighted by atomic mass is 9.93. The Hall–Kier alpha value is -1.31. The van der Waals surface area contributed by atoms with Crippen molar-refractivity contribution in [2.45, 2.75) is 11.4 Å². The van der Waals surface area contributed by atoms with E-state index < -0.39 is 5.78 Å². The molecule has 24 heavy (non-hydrogen) atoms. The minimum absolute atomic E-state index is 0.0349. The maximum Gasteiger partial charge on any atom is 0.199 e. The van der Waals surface area contributed by atoms with Crippen molar-refractivity contribution in [3.8, 4) is 11.5 Å². The summed E-state index contributed by atoms with van der Waals surface area (Å²) in [6.45, 7) is 1.63. The summed E-state index contributed by atoms with van der Waals surface area (Å²) in [5.41, 5.74) is 1.46. The van der Waals surface area contributed by atoms with Crippen LogP contribution in [0.15, 0.2) is 18.2 Å². The highest BCUT2D eigenvalue weighted by molar-refractivity contribution is 14.1. The summed E-state index contributed by atoms with van der Waals surface area (Å²) >= 11 is 14.5. The van der Waals surface area contributed by atoms with Crippen molar-refractivity contribution in [3.05, 3.63) is 56.1 Å². The number of carbonyl (C=O) groups is 2. The van der Waals surface area contributed by atoms with Gasteiger partial charge in [0.25, 0.3) is 0 Å². The maximum atomic E-state index is 13.1. The number of phenols is 1. The van der Waals surface area contributed by atoms with E-state index in [4.69, 9.17) is 27.9 Å². The van der Waals surface area contributed by atoms with Crippen LogP contribution in [0.2, 0.25) is 10.0 Å². The molecule has 2 aromatic rings. The Morgan fingerprint density at radius 3 is 2.46 bits per heavy atom. The zero-order valence-corrected chi connectivity index (χ0v) is 16.5. The van der Waals surface area contributed by atoms with Gasteiger partial charge in [0.15, 0.2) is 23.6 Å². The maximum absolute atomic E-state index is 13.1. The van der Waals surface area contributed by atoms with Crippen molar-refractivity contribution < 1.29 is 19.4 Å². The summed E-state index contributed by atoms with van der Waals surface area (Å²) < 4.78 is 5.54. The molecule has 7 heteroatoms. The Bertz CT molecular complexity index is 834. The van der Waals surface area contributed by atoms with Crippen LogP contribution in [0.1, 0.15) is 37.4 Å². The first-order valence-electron chi connectivity index (χ1n) is 6.80. The highest BCUT2D eigenvalue weighted by atomic mass is 127. The molecule has 126 valence electrons. The van der Waals surface area contributed by atoms with Crippen molar-refractivity contribution in [2.24, 2.45) is 0 Å². The molecule has 0 atom stereocenters. The number of aldehydes is 1. The number of hydrogen-bond donors (Lipinski definition) is 1. The molecule has 0 radical (unpaired) electrons. The zero-order chi connectivity index (χ0) is 18.0. The minimum atomic E-state index is -0.472. The molecule has 0 saturated carbocycles. The monoisotopic (exact) mass is 478 g/mol. The molecule has 0 unspecified atom stereocenters. The van der Waals surface area contributed by atoms with E-state index in [1.165, 1.54) is 19.2 Å². The number of aryl methyl sites for hydroxylation is 1. The lowest BCUT2D eigenvalue weighted by Crippen LogP contribution is -2.10. The number of methoxy groups -OCH3 is 1. The second-order valence-electron chi connectivity index (χ2n) is 5.00. The number of ether oxygens (including phenoxy) is 1. The van der Waals surface area contributed by atoms with Gasteiger partial charge in [0.2, 0.25) is 0 Å². The van der Waals surface area contributed by atoms with Crippen molar-refractivity contribution in [3.63, 3.8) is 0 Å². The van der Waals surface area contributed by atoms with Crippen molar-refractivity contribution >= 4 is 57.9 Å². The highest BCUT2D eigenvalue weighted by Gasteiger charge is 2.26. The molecule has 0 amide bonds. The molecule has 0 saturated heterocycles. The van der Waals surface area contributed by atoms with Crippen LogP contribution in [-0.2, 0) is 4.43 Å². The fourth-order valence-corrected chi connectivity index (χ4v) is 4.00. The normalized spacial score (nSPS) is 10.5. The molecule has 1 N–H and O–H groups in total. The van der Waals surface area contributed by atoms with Gasteiger partial charge in [0, 0.05) is 15.0 Å². The van der Waals surface area contributed by atoms with E-state index in [-0.39, 0.29) is 33.2 Å². The van der Waals surface area contributed by atoms with Crippen LogP contribution in [0.25, 0.3) is 0 Å². The zero-order valence-electron chi connectivity index (χ0n) is 12.8. The van der Waals surface area contributed by atoms with Gasteiger partial charge < -0.3 is 9.84 Å². The minimum Gasteiger partial charge on any atom is -0.504 e. The van der Waals surface area contributed by atoms with Crippen LogP contribution >= 0.6 is 45.8 Å². The Labute approximate surface area is 162 Å². The van der Waals surface area contributed by atoms with E-state index in [1.54, 1.807) is 13.0 Å². The molecule has 0 spiro atoms. The first-order valence-corrected chi connectivity index (χ1v) is 9.08. The van der Waals surface area contributed by atoms with Gasteiger partial charge in [-0.05, 0) is 36.2 Å². The molecule has 2 rings (SSSR count). The average Bonchev–Trinajstić information content (AvgIpc) is 2.55. The quantitative estimate of drug-likeness (QED) is 0.284. The summed E-state index contributed by atoms with van der Waals surface area (Å²) in [7, 11) is 1.31. The van der Waals surface area contributed by atoms with Crippen LogP contribution in [0.5, 0.6) is 11.5 Å². The molecule has 4 nitrogen and oxygen atoms in total. The number of hydrogen-bond acceptors (Lipinski definition) is 4. The summed E-state index contributed by atoms with van der Waals surface area (Å²) in [6.07, 6.45) is 0.558. The van der Waals surface area contributed by atoms with Crippen molar-refractivity contribution in [1.29, 1.82) is 0 Å². The first-order chi connectivity index (χ1) is 11.4. The summed E-state index contributed by atoms with van der Waals surface area (Å²) in [4.78, 5) is 24.2. The molecule has 0 heterocycles. The summed E-state index contributed by atoms with van der Waals surface area (Å²) in [6, 6.07) is 4.65. The van der Waals surface area contributed by atoms with Gasteiger partial charge >= 0.3 is 0 Å². The Balaban J connectivity index is 2.77. The van der Waals surface area contributed by atoms with E-state index >= 15 is 0 Å². The third-order valence-electron chi connectivity index (χ3n) is 3.60. The van der Waals surface area contributed by atoms with Gasteiger partial charge in [-0.3, -0.25) is 9.59 Å². The Kier molecular flexibility index (Phi) is 6.11. The second kappa shape index (κ2) is 7.72. The fourth-order valence-electron chi connectivity index (χ4n) is 2.49. The number of alkyl halides is 1. The van der Waals surface area contributed by atoms with Crippen LogP contribution in [0.3, 0.4) is 0 Å². The number of aromatic hydroxyl groups is 1. The van der Waals surface area contributed by atoms with E-state index in [0.717, 1.165) is 0 Å². The van der Waals surface area contributed by atoms with Crippen LogP contribution < -0.4 is 4.74 Å². The lowest BCUT2D eigenvalue weighted by molar-refractivity contribution is 0.103. The molecule has 0 aliphatic heterocycles. The molecule has 0 aliphatic rings. The Morgan fingerprint density at radius 1 is 1.29 bits per heavy atom. The fraction of sp³-hybridized carbons (Fsp3) is 0.176. The smallest absolute Gasteiger partial charge is 0.199 e. The van der Waals surface area contributed by atoms with Crippen molar-refractivity contribution in [1.82, 2.24) is 0 Å². The molecule has 0 fully saturated rings. The molecule has 0 aliphatic carbocycles. The second-order valence-corrected chi connectivity index (χ2v) is 6.58. The van der Waals surface area contributed by atoms with E-state index in [1.807, 2.05) is 0 Å². The molecule has 0 bridgehead atoms. The highest BCUT2D eigenvalue weighted by Crippen LogP contribution is 2.39. The Morgan fingerprint density at radius 2 is 1.92 bits per heavy atom. The van der Waals surface area contributed by atoms with Crippen LogP contribution in [-0.4, -0.2) is 24.3 Å². The SMILES string of the molecule is COc1c(C=O)cc(C)c(C(=O)c2c(Cl)ccc(Cl)c2CI)c1O. The van der Waals surface area contributed by atoms with Crippen molar-refractivity contribution in [2.75, 3.05) is 7.11 Å². The van der Waals surface area contributed by atoms with Crippen LogP contribution in [0.4, 0.5) is 0 Å². The molecular weight excluding hydrogens is 466 g/mol. The van der Waals surface area contributed by atoms with Gasteiger partial charge in [-0.2, -0.15) is 0 Å².